The number of alkyl halides is 3. The number of aromatic nitrogens is 3. The standard InChI is InChI=1S/C11H14ClF3N4O/c1-2-20-10-17-8(12)16-9(18-10)19-5-3-7(4-6-19)11(13,14)15/h7H,2-6H2,1H3. The molecule has 1 saturated heterocycles. The molecule has 1 aromatic heterocycles. The Balaban J connectivity index is 2.07. The number of anilines is 1. The van der Waals surface area contributed by atoms with Crippen molar-refractivity contribution in [3.05, 3.63) is 5.28 Å². The predicted octanol–water partition coefficient (Wildman–Crippen LogP) is 2.70. The molecule has 2 heterocycles. The fraction of sp³-hybridized carbons (Fsp3) is 0.727. The van der Waals surface area contributed by atoms with Gasteiger partial charge in [-0.3, -0.25) is 0 Å². The number of rotatable bonds is 3. The Morgan fingerprint density at radius 2 is 1.90 bits per heavy atom. The van der Waals surface area contributed by atoms with Gasteiger partial charge in [-0.05, 0) is 31.4 Å². The Bertz CT molecular complexity index is 463. The number of hydrogen-bond acceptors (Lipinski definition) is 5. The molecule has 2 rings (SSSR count). The summed E-state index contributed by atoms with van der Waals surface area (Å²) in [6.07, 6.45) is -4.09. The lowest BCUT2D eigenvalue weighted by atomic mass is 9.96. The maximum atomic E-state index is 12.6. The van der Waals surface area contributed by atoms with Crippen molar-refractivity contribution in [1.82, 2.24) is 15.0 Å². The Morgan fingerprint density at radius 3 is 2.45 bits per heavy atom. The van der Waals surface area contributed by atoms with Gasteiger partial charge in [-0.25, -0.2) is 0 Å². The zero-order chi connectivity index (χ0) is 14.8. The van der Waals surface area contributed by atoms with Gasteiger partial charge in [-0.2, -0.15) is 28.1 Å². The number of hydrogen-bond donors (Lipinski definition) is 0. The SMILES string of the molecule is CCOc1nc(Cl)nc(N2CCC(C(F)(F)F)CC2)n1. The molecule has 0 radical (unpaired) electrons. The first-order chi connectivity index (χ1) is 9.40. The molecule has 5 nitrogen and oxygen atoms in total. The second-order valence-electron chi connectivity index (χ2n) is 4.42. The molecule has 112 valence electrons. The number of nitrogens with zero attached hydrogens (tertiary/aromatic N) is 4. The van der Waals surface area contributed by atoms with Crippen molar-refractivity contribution < 1.29 is 17.9 Å². The number of ether oxygens (including phenoxy) is 1. The van der Waals surface area contributed by atoms with E-state index >= 15 is 0 Å². The highest BCUT2D eigenvalue weighted by Crippen LogP contribution is 2.34. The first-order valence-corrected chi connectivity index (χ1v) is 6.64. The molecular weight excluding hydrogens is 297 g/mol. The molecule has 20 heavy (non-hydrogen) atoms. The first kappa shape index (κ1) is 15.1. The van der Waals surface area contributed by atoms with Gasteiger partial charge in [0.1, 0.15) is 0 Å². The highest BCUT2D eigenvalue weighted by Gasteiger charge is 2.41. The van der Waals surface area contributed by atoms with Crippen molar-refractivity contribution in [3.8, 4) is 6.01 Å². The summed E-state index contributed by atoms with van der Waals surface area (Å²) >= 11 is 5.76. The second-order valence-corrected chi connectivity index (χ2v) is 4.76. The molecule has 0 unspecified atom stereocenters. The van der Waals surface area contributed by atoms with Crippen molar-refractivity contribution in [2.75, 3.05) is 24.6 Å². The van der Waals surface area contributed by atoms with E-state index in [1.54, 1.807) is 11.8 Å². The van der Waals surface area contributed by atoms with E-state index in [9.17, 15) is 13.2 Å². The zero-order valence-corrected chi connectivity index (χ0v) is 11.6. The molecule has 0 atom stereocenters. The van der Waals surface area contributed by atoms with Crippen LogP contribution in [0.15, 0.2) is 0 Å². The molecule has 0 N–H and O–H groups in total. The zero-order valence-electron chi connectivity index (χ0n) is 10.8. The van der Waals surface area contributed by atoms with Crippen LogP contribution in [0.5, 0.6) is 6.01 Å². The molecule has 1 fully saturated rings. The number of piperidine rings is 1. The van der Waals surface area contributed by atoms with Gasteiger partial charge in [0.25, 0.3) is 0 Å². The minimum absolute atomic E-state index is 0.0246. The van der Waals surface area contributed by atoms with E-state index in [1.165, 1.54) is 0 Å². The van der Waals surface area contributed by atoms with E-state index in [4.69, 9.17) is 16.3 Å². The van der Waals surface area contributed by atoms with Crippen LogP contribution < -0.4 is 9.64 Å². The van der Waals surface area contributed by atoms with E-state index in [2.05, 4.69) is 15.0 Å². The third kappa shape index (κ3) is 3.62. The van der Waals surface area contributed by atoms with Crippen molar-refractivity contribution in [1.29, 1.82) is 0 Å². The molecule has 0 aromatic carbocycles. The van der Waals surface area contributed by atoms with Gasteiger partial charge in [0.05, 0.1) is 12.5 Å². The first-order valence-electron chi connectivity index (χ1n) is 6.26. The maximum absolute atomic E-state index is 12.6. The Labute approximate surface area is 119 Å². The highest BCUT2D eigenvalue weighted by atomic mass is 35.5. The normalized spacial score (nSPS) is 17.4. The third-order valence-electron chi connectivity index (χ3n) is 3.09. The summed E-state index contributed by atoms with van der Waals surface area (Å²) in [5, 5.41) is -0.0311. The van der Waals surface area contributed by atoms with Crippen LogP contribution in [-0.2, 0) is 0 Å². The van der Waals surface area contributed by atoms with Crippen molar-refractivity contribution in [2.45, 2.75) is 25.9 Å². The molecule has 0 bridgehead atoms. The van der Waals surface area contributed by atoms with Crippen molar-refractivity contribution in [2.24, 2.45) is 5.92 Å². The van der Waals surface area contributed by atoms with E-state index in [0.717, 1.165) is 0 Å². The summed E-state index contributed by atoms with van der Waals surface area (Å²) in [5.41, 5.74) is 0. The average Bonchev–Trinajstić information content (AvgIpc) is 2.37. The van der Waals surface area contributed by atoms with Crippen LogP contribution in [0, 0.1) is 5.92 Å². The van der Waals surface area contributed by atoms with Crippen molar-refractivity contribution in [3.63, 3.8) is 0 Å². The van der Waals surface area contributed by atoms with E-state index < -0.39 is 12.1 Å². The quantitative estimate of drug-likeness (QED) is 0.859. The molecule has 0 aliphatic carbocycles. The van der Waals surface area contributed by atoms with Gasteiger partial charge in [0, 0.05) is 13.1 Å². The summed E-state index contributed by atoms with van der Waals surface area (Å²) in [6, 6.07) is 0.0837. The fourth-order valence-corrected chi connectivity index (χ4v) is 2.21. The van der Waals surface area contributed by atoms with Gasteiger partial charge in [-0.15, -0.1) is 0 Å². The summed E-state index contributed by atoms with van der Waals surface area (Å²) in [7, 11) is 0. The van der Waals surface area contributed by atoms with Crippen LogP contribution in [0.1, 0.15) is 19.8 Å². The second kappa shape index (κ2) is 5.99. The van der Waals surface area contributed by atoms with E-state index in [-0.39, 0.29) is 43.2 Å². The van der Waals surface area contributed by atoms with Gasteiger partial charge in [-0.1, -0.05) is 0 Å². The largest absolute Gasteiger partial charge is 0.464 e. The fourth-order valence-electron chi connectivity index (χ4n) is 2.06. The minimum Gasteiger partial charge on any atom is -0.464 e. The molecule has 0 amide bonds. The van der Waals surface area contributed by atoms with Crippen LogP contribution in [0.25, 0.3) is 0 Å². The Kier molecular flexibility index (Phi) is 4.52. The number of halogens is 4. The Morgan fingerprint density at radius 1 is 1.25 bits per heavy atom. The van der Waals surface area contributed by atoms with Gasteiger partial charge < -0.3 is 9.64 Å². The highest BCUT2D eigenvalue weighted by molar-refractivity contribution is 6.28. The van der Waals surface area contributed by atoms with Crippen LogP contribution in [0.4, 0.5) is 19.1 Å². The van der Waals surface area contributed by atoms with Crippen LogP contribution >= 0.6 is 11.6 Å². The maximum Gasteiger partial charge on any atom is 0.391 e. The molecule has 9 heteroatoms. The molecular formula is C11H14ClF3N4O. The molecule has 0 spiro atoms. The van der Waals surface area contributed by atoms with Crippen LogP contribution in [0.3, 0.4) is 0 Å². The Hall–Kier alpha value is -1.31. The van der Waals surface area contributed by atoms with Gasteiger partial charge >= 0.3 is 12.2 Å². The summed E-state index contributed by atoms with van der Waals surface area (Å²) < 4.78 is 42.9. The molecule has 1 aromatic rings. The summed E-state index contributed by atoms with van der Waals surface area (Å²) in [4.78, 5) is 13.4. The monoisotopic (exact) mass is 310 g/mol. The molecule has 0 saturated carbocycles. The lowest BCUT2D eigenvalue weighted by molar-refractivity contribution is -0.179. The lowest BCUT2D eigenvalue weighted by Crippen LogP contribution is -2.39. The molecule has 1 aliphatic rings. The van der Waals surface area contributed by atoms with Crippen LogP contribution in [0.2, 0.25) is 5.28 Å². The summed E-state index contributed by atoms with van der Waals surface area (Å²) in [5.74, 6) is -1.00. The van der Waals surface area contributed by atoms with Gasteiger partial charge in [0.15, 0.2) is 0 Å². The van der Waals surface area contributed by atoms with Crippen molar-refractivity contribution >= 4 is 17.5 Å². The van der Waals surface area contributed by atoms with E-state index in [1.807, 2.05) is 0 Å². The average molecular weight is 311 g/mol. The smallest absolute Gasteiger partial charge is 0.391 e. The van der Waals surface area contributed by atoms with E-state index in [0.29, 0.717) is 6.61 Å². The molecule has 1 aliphatic heterocycles. The minimum atomic E-state index is -4.14. The summed E-state index contributed by atoms with van der Waals surface area (Å²) in [6.45, 7) is 2.61. The van der Waals surface area contributed by atoms with Gasteiger partial charge in [0.2, 0.25) is 11.2 Å². The third-order valence-corrected chi connectivity index (χ3v) is 3.26. The topological polar surface area (TPSA) is 51.1 Å². The lowest BCUT2D eigenvalue weighted by Gasteiger charge is -2.32. The van der Waals surface area contributed by atoms with Crippen LogP contribution in [-0.4, -0.2) is 40.8 Å². The predicted molar refractivity (Wildman–Crippen MR) is 67.0 cm³/mol.